The van der Waals surface area contributed by atoms with Crippen molar-refractivity contribution in [1.29, 1.82) is 0 Å². The Kier molecular flexibility index (Phi) is 4.57. The first kappa shape index (κ1) is 15.5. The van der Waals surface area contributed by atoms with Crippen LogP contribution < -0.4 is 4.74 Å². The minimum atomic E-state index is -0.835. The highest BCUT2D eigenvalue weighted by atomic mass is 19.1. The zero-order chi connectivity index (χ0) is 16.2. The predicted molar refractivity (Wildman–Crippen MR) is 80.6 cm³/mol. The van der Waals surface area contributed by atoms with E-state index in [1.807, 2.05) is 4.90 Å². The van der Waals surface area contributed by atoms with Crippen LogP contribution in [-0.2, 0) is 17.8 Å². The summed E-state index contributed by atoms with van der Waals surface area (Å²) in [7, 11) is 0. The SMILES string of the molecule is O=C(O)[C@H]1Cc2nc[nH]c2CN1CCCOc1ccc(F)cc1. The zero-order valence-electron chi connectivity index (χ0n) is 12.5. The summed E-state index contributed by atoms with van der Waals surface area (Å²) in [5, 5.41) is 9.39. The molecule has 7 heteroatoms. The topological polar surface area (TPSA) is 78.4 Å². The number of halogens is 1. The van der Waals surface area contributed by atoms with Gasteiger partial charge in [-0.1, -0.05) is 0 Å². The maximum absolute atomic E-state index is 12.8. The lowest BCUT2D eigenvalue weighted by atomic mass is 10.0. The number of aliphatic carboxylic acids is 1. The maximum atomic E-state index is 12.8. The molecular weight excluding hydrogens is 301 g/mol. The molecule has 0 radical (unpaired) electrons. The van der Waals surface area contributed by atoms with Crippen LogP contribution in [0, 0.1) is 5.82 Å². The summed E-state index contributed by atoms with van der Waals surface area (Å²) in [4.78, 5) is 20.6. The molecule has 0 amide bonds. The van der Waals surface area contributed by atoms with Crippen molar-refractivity contribution in [1.82, 2.24) is 14.9 Å². The first-order valence-corrected chi connectivity index (χ1v) is 7.50. The van der Waals surface area contributed by atoms with Gasteiger partial charge in [0, 0.05) is 19.5 Å². The van der Waals surface area contributed by atoms with Crippen LogP contribution >= 0.6 is 0 Å². The second kappa shape index (κ2) is 6.78. The Labute approximate surface area is 132 Å². The summed E-state index contributed by atoms with van der Waals surface area (Å²) in [6.07, 6.45) is 2.70. The average Bonchev–Trinajstić information content (AvgIpc) is 2.99. The highest BCUT2D eigenvalue weighted by molar-refractivity contribution is 5.74. The van der Waals surface area contributed by atoms with Crippen molar-refractivity contribution in [3.63, 3.8) is 0 Å². The highest BCUT2D eigenvalue weighted by Crippen LogP contribution is 2.21. The van der Waals surface area contributed by atoms with Crippen molar-refractivity contribution < 1.29 is 19.0 Å². The van der Waals surface area contributed by atoms with Gasteiger partial charge in [-0.15, -0.1) is 0 Å². The number of aromatic amines is 1. The van der Waals surface area contributed by atoms with Gasteiger partial charge in [0.2, 0.25) is 0 Å². The summed E-state index contributed by atoms with van der Waals surface area (Å²) >= 11 is 0. The van der Waals surface area contributed by atoms with Gasteiger partial charge >= 0.3 is 5.97 Å². The summed E-state index contributed by atoms with van der Waals surface area (Å²) < 4.78 is 18.3. The van der Waals surface area contributed by atoms with Crippen molar-refractivity contribution in [2.24, 2.45) is 0 Å². The number of hydrogen-bond donors (Lipinski definition) is 2. The number of fused-ring (bicyclic) bond motifs is 1. The number of hydrogen-bond acceptors (Lipinski definition) is 4. The van der Waals surface area contributed by atoms with Gasteiger partial charge in [0.25, 0.3) is 0 Å². The Morgan fingerprint density at radius 3 is 2.96 bits per heavy atom. The Balaban J connectivity index is 1.52. The zero-order valence-corrected chi connectivity index (χ0v) is 12.5. The average molecular weight is 319 g/mol. The van der Waals surface area contributed by atoms with E-state index in [0.29, 0.717) is 38.3 Å². The predicted octanol–water partition coefficient (Wildman–Crippen LogP) is 1.83. The van der Waals surface area contributed by atoms with Crippen LogP contribution in [0.5, 0.6) is 5.75 Å². The van der Waals surface area contributed by atoms with E-state index < -0.39 is 12.0 Å². The molecule has 122 valence electrons. The van der Waals surface area contributed by atoms with Gasteiger partial charge in [-0.3, -0.25) is 9.69 Å². The third-order valence-corrected chi connectivity index (χ3v) is 3.95. The van der Waals surface area contributed by atoms with Gasteiger partial charge in [0.05, 0.1) is 24.3 Å². The first-order chi connectivity index (χ1) is 11.1. The molecule has 0 saturated heterocycles. The molecule has 1 aliphatic heterocycles. The number of nitrogens with zero attached hydrogens (tertiary/aromatic N) is 2. The van der Waals surface area contributed by atoms with E-state index >= 15 is 0 Å². The van der Waals surface area contributed by atoms with Crippen LogP contribution in [0.15, 0.2) is 30.6 Å². The molecule has 0 saturated carbocycles. The maximum Gasteiger partial charge on any atom is 0.321 e. The fraction of sp³-hybridized carbons (Fsp3) is 0.375. The Morgan fingerprint density at radius 1 is 1.43 bits per heavy atom. The minimum Gasteiger partial charge on any atom is -0.494 e. The van der Waals surface area contributed by atoms with Gasteiger partial charge in [0.15, 0.2) is 0 Å². The van der Waals surface area contributed by atoms with E-state index in [0.717, 1.165) is 11.4 Å². The van der Waals surface area contributed by atoms with Crippen LogP contribution in [0.2, 0.25) is 0 Å². The van der Waals surface area contributed by atoms with Gasteiger partial charge in [-0.2, -0.15) is 0 Å². The highest BCUT2D eigenvalue weighted by Gasteiger charge is 2.32. The molecule has 2 heterocycles. The second-order valence-corrected chi connectivity index (χ2v) is 5.51. The second-order valence-electron chi connectivity index (χ2n) is 5.51. The molecular formula is C16H18FN3O3. The third-order valence-electron chi connectivity index (χ3n) is 3.95. The van der Waals surface area contributed by atoms with Crippen LogP contribution in [0.4, 0.5) is 4.39 Å². The molecule has 3 rings (SSSR count). The monoisotopic (exact) mass is 319 g/mol. The van der Waals surface area contributed by atoms with Gasteiger partial charge in [-0.05, 0) is 30.7 Å². The molecule has 0 unspecified atom stereocenters. The minimum absolute atomic E-state index is 0.301. The molecule has 1 aliphatic rings. The normalized spacial score (nSPS) is 17.7. The number of ether oxygens (including phenoxy) is 1. The first-order valence-electron chi connectivity index (χ1n) is 7.50. The lowest BCUT2D eigenvalue weighted by molar-refractivity contribution is -0.144. The summed E-state index contributed by atoms with van der Waals surface area (Å²) in [5.41, 5.74) is 1.80. The van der Waals surface area contributed by atoms with E-state index in [4.69, 9.17) is 4.74 Å². The van der Waals surface area contributed by atoms with Crippen LogP contribution in [0.1, 0.15) is 17.8 Å². The number of aromatic nitrogens is 2. The molecule has 23 heavy (non-hydrogen) atoms. The van der Waals surface area contributed by atoms with E-state index in [-0.39, 0.29) is 5.82 Å². The molecule has 2 N–H and O–H groups in total. The van der Waals surface area contributed by atoms with E-state index in [1.54, 1.807) is 18.5 Å². The largest absolute Gasteiger partial charge is 0.494 e. The van der Waals surface area contributed by atoms with E-state index in [1.165, 1.54) is 12.1 Å². The number of benzene rings is 1. The number of carboxylic acids is 1. The molecule has 2 aromatic rings. The Bertz CT molecular complexity index is 671. The molecule has 0 spiro atoms. The summed E-state index contributed by atoms with van der Waals surface area (Å²) in [5.74, 6) is -0.529. The number of carboxylic acid groups (broad SMARTS) is 1. The van der Waals surface area contributed by atoms with Crippen molar-refractivity contribution >= 4 is 5.97 Å². The molecule has 1 atom stereocenters. The van der Waals surface area contributed by atoms with Crippen LogP contribution in [0.25, 0.3) is 0 Å². The van der Waals surface area contributed by atoms with E-state index in [2.05, 4.69) is 9.97 Å². The quantitative estimate of drug-likeness (QED) is 0.794. The van der Waals surface area contributed by atoms with Crippen molar-refractivity contribution in [3.05, 3.63) is 47.8 Å². The number of carbonyl (C=O) groups is 1. The molecule has 0 fully saturated rings. The van der Waals surface area contributed by atoms with Gasteiger partial charge in [-0.25, -0.2) is 9.37 Å². The van der Waals surface area contributed by atoms with E-state index in [9.17, 15) is 14.3 Å². The molecule has 0 aliphatic carbocycles. The Morgan fingerprint density at radius 2 is 2.22 bits per heavy atom. The third kappa shape index (κ3) is 3.68. The molecule has 1 aromatic carbocycles. The van der Waals surface area contributed by atoms with Crippen LogP contribution in [-0.4, -0.2) is 45.1 Å². The molecule has 1 aromatic heterocycles. The van der Waals surface area contributed by atoms with Crippen molar-refractivity contribution in [2.45, 2.75) is 25.4 Å². The fourth-order valence-electron chi connectivity index (χ4n) is 2.75. The van der Waals surface area contributed by atoms with Gasteiger partial charge in [0.1, 0.15) is 17.6 Å². The summed E-state index contributed by atoms with van der Waals surface area (Å²) in [6.45, 7) is 1.60. The number of H-pyrrole nitrogens is 1. The standard InChI is InChI=1S/C16H18FN3O3/c17-11-2-4-12(5-3-11)23-7-1-6-20-9-14-13(18-10-19-14)8-15(20)16(21)22/h2-5,10,15H,1,6-9H2,(H,18,19)(H,21,22)/t15-/m1/s1. The Hall–Kier alpha value is -2.41. The fourth-order valence-corrected chi connectivity index (χ4v) is 2.75. The number of imidazole rings is 1. The van der Waals surface area contributed by atoms with Crippen molar-refractivity contribution in [2.75, 3.05) is 13.2 Å². The number of rotatable bonds is 6. The summed E-state index contributed by atoms with van der Waals surface area (Å²) in [6, 6.07) is 5.29. The molecule has 6 nitrogen and oxygen atoms in total. The van der Waals surface area contributed by atoms with Gasteiger partial charge < -0.3 is 14.8 Å². The lowest BCUT2D eigenvalue weighted by Crippen LogP contribution is -2.46. The lowest BCUT2D eigenvalue weighted by Gasteiger charge is -2.32. The number of nitrogens with one attached hydrogen (secondary N) is 1. The van der Waals surface area contributed by atoms with Crippen LogP contribution in [0.3, 0.4) is 0 Å². The molecule has 0 bridgehead atoms. The smallest absolute Gasteiger partial charge is 0.321 e. The van der Waals surface area contributed by atoms with Crippen molar-refractivity contribution in [3.8, 4) is 5.75 Å².